The Morgan fingerprint density at radius 3 is 2.56 bits per heavy atom. The Balaban J connectivity index is 1.30. The minimum absolute atomic E-state index is 0.0261. The van der Waals surface area contributed by atoms with Crippen LogP contribution in [0.25, 0.3) is 0 Å². The minimum atomic E-state index is -0.735. The van der Waals surface area contributed by atoms with E-state index in [4.69, 9.17) is 5.73 Å². The molecule has 0 aromatic heterocycles. The smallest absolute Gasteiger partial charge is 0.241 e. The zero-order valence-electron chi connectivity index (χ0n) is 19.6. The number of piperazine rings is 1. The number of carbonyl (C=O) groups is 2. The third-order valence-corrected chi connectivity index (χ3v) is 8.36. The molecule has 1 aromatic rings. The van der Waals surface area contributed by atoms with Crippen LogP contribution in [0.3, 0.4) is 0 Å². The summed E-state index contributed by atoms with van der Waals surface area (Å²) in [6.45, 7) is 1.60. The highest BCUT2D eigenvalue weighted by atomic mass is 19.1. The average molecular weight is 468 g/mol. The molecule has 3 saturated heterocycles. The first kappa shape index (κ1) is 23.3. The van der Waals surface area contributed by atoms with Crippen molar-refractivity contribution >= 4 is 11.8 Å². The molecule has 3 heterocycles. The first-order valence-electron chi connectivity index (χ1n) is 12.8. The predicted molar refractivity (Wildman–Crippen MR) is 125 cm³/mol. The number of hydrogen-bond acceptors (Lipinski definition) is 5. The summed E-state index contributed by atoms with van der Waals surface area (Å²) in [7, 11) is 0. The van der Waals surface area contributed by atoms with Crippen LogP contribution in [0.4, 0.5) is 4.39 Å². The molecule has 1 aromatic carbocycles. The van der Waals surface area contributed by atoms with Gasteiger partial charge in [0.1, 0.15) is 11.9 Å². The Hall–Kier alpha value is -2.50. The number of benzene rings is 1. The summed E-state index contributed by atoms with van der Waals surface area (Å²) in [6.07, 6.45) is 8.01. The molecule has 2 amide bonds. The lowest BCUT2D eigenvalue weighted by Crippen LogP contribution is -2.57. The van der Waals surface area contributed by atoms with Crippen molar-refractivity contribution in [3.05, 3.63) is 35.6 Å². The molecule has 1 saturated carbocycles. The predicted octanol–water partition coefficient (Wildman–Crippen LogP) is 2.57. The van der Waals surface area contributed by atoms with Crippen LogP contribution in [-0.2, 0) is 9.59 Å². The molecule has 8 heteroatoms. The standard InChI is InChI=1S/C26H34FN5O2/c27-19-10-8-18(9-11-19)24(17-5-2-1-3-6-17)32-21-13-23(26(32)34)30(15-21)16-22(29)25(33)31-12-4-7-20(31)14-28/h8-11,17,20-24H,1-7,12-13,15-16,29H2/t20-,21+,22-,23+,24+/m0/s1. The van der Waals surface area contributed by atoms with Crippen LogP contribution in [0.15, 0.2) is 24.3 Å². The molecule has 3 aliphatic heterocycles. The Kier molecular flexibility index (Phi) is 6.59. The highest BCUT2D eigenvalue weighted by Gasteiger charge is 2.53. The van der Waals surface area contributed by atoms with Crippen LogP contribution in [0, 0.1) is 23.1 Å². The Morgan fingerprint density at radius 2 is 1.88 bits per heavy atom. The monoisotopic (exact) mass is 467 g/mol. The summed E-state index contributed by atoms with van der Waals surface area (Å²) in [5.74, 6) is 0.0363. The van der Waals surface area contributed by atoms with Crippen LogP contribution in [0.1, 0.15) is 63.0 Å². The second-order valence-electron chi connectivity index (χ2n) is 10.4. The number of nitrogens with two attached hydrogens (primary N) is 1. The van der Waals surface area contributed by atoms with E-state index >= 15 is 0 Å². The van der Waals surface area contributed by atoms with Crippen LogP contribution in [0.2, 0.25) is 0 Å². The van der Waals surface area contributed by atoms with E-state index in [-0.39, 0.29) is 35.8 Å². The number of nitriles is 1. The van der Waals surface area contributed by atoms with Gasteiger partial charge in [-0.1, -0.05) is 31.4 Å². The SMILES string of the molecule is N#C[C@@H]1CCCN1C(=O)[C@@H](N)CN1C[C@H]2C[C@@H]1C(=O)N2[C@@H](c1ccc(F)cc1)C1CCCCC1. The molecule has 5 atom stereocenters. The van der Waals surface area contributed by atoms with Gasteiger partial charge in [-0.05, 0) is 55.7 Å². The van der Waals surface area contributed by atoms with Gasteiger partial charge >= 0.3 is 0 Å². The van der Waals surface area contributed by atoms with Crippen LogP contribution >= 0.6 is 0 Å². The lowest BCUT2D eigenvalue weighted by molar-refractivity contribution is -0.142. The Bertz CT molecular complexity index is 957. The normalized spacial score (nSPS) is 29.4. The summed E-state index contributed by atoms with van der Waals surface area (Å²) < 4.78 is 13.6. The summed E-state index contributed by atoms with van der Waals surface area (Å²) in [5, 5.41) is 9.30. The first-order valence-corrected chi connectivity index (χ1v) is 12.8. The molecule has 0 spiro atoms. The van der Waals surface area contributed by atoms with Crippen molar-refractivity contribution in [3.8, 4) is 6.07 Å². The molecule has 182 valence electrons. The van der Waals surface area contributed by atoms with E-state index in [0.717, 1.165) is 31.2 Å². The number of nitrogens with zero attached hydrogens (tertiary/aromatic N) is 4. The van der Waals surface area contributed by atoms with Gasteiger partial charge in [-0.15, -0.1) is 0 Å². The Labute approximate surface area is 200 Å². The van der Waals surface area contributed by atoms with Crippen molar-refractivity contribution in [2.75, 3.05) is 19.6 Å². The van der Waals surface area contributed by atoms with E-state index in [9.17, 15) is 19.2 Å². The number of halogens is 1. The lowest BCUT2D eigenvalue weighted by Gasteiger charge is -2.43. The third kappa shape index (κ3) is 4.20. The van der Waals surface area contributed by atoms with Gasteiger partial charge in [0, 0.05) is 25.7 Å². The molecule has 2 N–H and O–H groups in total. The van der Waals surface area contributed by atoms with Crippen molar-refractivity contribution < 1.29 is 14.0 Å². The van der Waals surface area contributed by atoms with E-state index < -0.39 is 12.1 Å². The fraction of sp³-hybridized carbons (Fsp3) is 0.654. The summed E-state index contributed by atoms with van der Waals surface area (Å²) in [5.41, 5.74) is 7.30. The molecular formula is C26H34FN5O2. The van der Waals surface area contributed by atoms with Crippen molar-refractivity contribution in [2.45, 2.75) is 81.6 Å². The first-order chi connectivity index (χ1) is 16.5. The molecule has 4 aliphatic rings. The van der Waals surface area contributed by atoms with Crippen molar-refractivity contribution in [1.82, 2.24) is 14.7 Å². The lowest BCUT2D eigenvalue weighted by atomic mass is 9.80. The molecule has 2 bridgehead atoms. The molecule has 1 aliphatic carbocycles. The number of likely N-dealkylation sites (tertiary alicyclic amines) is 3. The van der Waals surface area contributed by atoms with E-state index in [1.54, 1.807) is 4.90 Å². The number of fused-ring (bicyclic) bond motifs is 2. The van der Waals surface area contributed by atoms with E-state index in [0.29, 0.717) is 32.0 Å². The van der Waals surface area contributed by atoms with Gasteiger partial charge in [0.2, 0.25) is 11.8 Å². The van der Waals surface area contributed by atoms with Gasteiger partial charge in [-0.2, -0.15) is 5.26 Å². The number of amides is 2. The molecule has 5 rings (SSSR count). The van der Waals surface area contributed by atoms with Crippen LogP contribution in [-0.4, -0.2) is 70.3 Å². The highest BCUT2D eigenvalue weighted by molar-refractivity contribution is 5.87. The molecule has 34 heavy (non-hydrogen) atoms. The van der Waals surface area contributed by atoms with E-state index in [2.05, 4.69) is 15.9 Å². The van der Waals surface area contributed by atoms with Crippen LogP contribution in [0.5, 0.6) is 0 Å². The van der Waals surface area contributed by atoms with Gasteiger partial charge in [-0.25, -0.2) is 4.39 Å². The van der Waals surface area contributed by atoms with Gasteiger partial charge in [-0.3, -0.25) is 14.5 Å². The van der Waals surface area contributed by atoms with Gasteiger partial charge in [0.15, 0.2) is 0 Å². The fourth-order valence-electron chi connectivity index (χ4n) is 6.73. The zero-order valence-corrected chi connectivity index (χ0v) is 19.6. The maximum absolute atomic E-state index is 13.6. The summed E-state index contributed by atoms with van der Waals surface area (Å²) >= 11 is 0. The number of carbonyl (C=O) groups excluding carboxylic acids is 2. The van der Waals surface area contributed by atoms with E-state index in [1.807, 2.05) is 12.1 Å². The van der Waals surface area contributed by atoms with Crippen LogP contribution < -0.4 is 5.73 Å². The average Bonchev–Trinajstić information content (AvgIpc) is 3.56. The molecular weight excluding hydrogens is 433 g/mol. The van der Waals surface area contributed by atoms with Crippen molar-refractivity contribution in [2.24, 2.45) is 11.7 Å². The highest BCUT2D eigenvalue weighted by Crippen LogP contribution is 2.45. The van der Waals surface area contributed by atoms with Gasteiger partial charge in [0.25, 0.3) is 0 Å². The zero-order chi connectivity index (χ0) is 23.8. The second kappa shape index (κ2) is 9.63. The molecule has 0 radical (unpaired) electrons. The van der Waals surface area contributed by atoms with Gasteiger partial charge in [0.05, 0.1) is 24.2 Å². The number of hydrogen-bond donors (Lipinski definition) is 1. The van der Waals surface area contributed by atoms with Crippen molar-refractivity contribution in [1.29, 1.82) is 5.26 Å². The Morgan fingerprint density at radius 1 is 1.15 bits per heavy atom. The second-order valence-corrected chi connectivity index (χ2v) is 10.4. The summed E-state index contributed by atoms with van der Waals surface area (Å²) in [4.78, 5) is 32.3. The van der Waals surface area contributed by atoms with Crippen molar-refractivity contribution in [3.63, 3.8) is 0 Å². The fourth-order valence-corrected chi connectivity index (χ4v) is 6.73. The van der Waals surface area contributed by atoms with E-state index in [1.165, 1.54) is 31.4 Å². The topological polar surface area (TPSA) is 93.7 Å². The largest absolute Gasteiger partial charge is 0.330 e. The quantitative estimate of drug-likeness (QED) is 0.694. The molecule has 7 nitrogen and oxygen atoms in total. The summed E-state index contributed by atoms with van der Waals surface area (Å²) in [6, 6.07) is 7.52. The van der Waals surface area contributed by atoms with Gasteiger partial charge < -0.3 is 15.5 Å². The molecule has 4 fully saturated rings. The molecule has 0 unspecified atom stereocenters. The number of rotatable bonds is 6. The maximum atomic E-state index is 13.6. The maximum Gasteiger partial charge on any atom is 0.241 e. The third-order valence-electron chi connectivity index (χ3n) is 8.36. The minimum Gasteiger partial charge on any atom is -0.330 e.